The molecule has 1 aromatic rings. The first-order valence-electron chi connectivity index (χ1n) is 10.4. The summed E-state index contributed by atoms with van der Waals surface area (Å²) in [7, 11) is 0. The fourth-order valence-electron chi connectivity index (χ4n) is 4.37. The van der Waals surface area contributed by atoms with Gasteiger partial charge in [-0.3, -0.25) is 4.79 Å². The lowest BCUT2D eigenvalue weighted by atomic mass is 9.71. The monoisotopic (exact) mass is 562 g/mol. The van der Waals surface area contributed by atoms with Crippen molar-refractivity contribution in [3.63, 3.8) is 0 Å². The van der Waals surface area contributed by atoms with E-state index in [-0.39, 0.29) is 30.3 Å². The van der Waals surface area contributed by atoms with Crippen LogP contribution in [0.4, 0.5) is 18.9 Å². The number of carbonyl (C=O) groups is 1. The normalized spacial score (nSPS) is 23.5. The van der Waals surface area contributed by atoms with E-state index in [4.69, 9.17) is 0 Å². The third kappa shape index (κ3) is 5.04. The highest BCUT2D eigenvalue weighted by Crippen LogP contribution is 2.40. The number of carbonyl (C=O) groups excluding carboxylic acids is 1. The van der Waals surface area contributed by atoms with E-state index in [1.165, 1.54) is 17.9 Å². The van der Waals surface area contributed by atoms with E-state index in [9.17, 15) is 28.2 Å². The number of aliphatic hydroxyl groups is 2. The second-order valence-corrected chi connectivity index (χ2v) is 9.66. The Morgan fingerprint density at radius 1 is 1.31 bits per heavy atom. The second-order valence-electron chi connectivity index (χ2n) is 8.27. The summed E-state index contributed by atoms with van der Waals surface area (Å²) in [6, 6.07) is 1.96. The Hall–Kier alpha value is -1.85. The molecule has 2 atom stereocenters. The molecular weight excluding hydrogens is 536 g/mol. The molecular formula is C23H26F3IN2O3. The highest BCUT2D eigenvalue weighted by atomic mass is 127. The Morgan fingerprint density at radius 3 is 2.56 bits per heavy atom. The molecule has 0 aromatic heterocycles. The number of allylic oxidation sites excluding steroid dienone is 4. The van der Waals surface area contributed by atoms with Crippen LogP contribution in [-0.4, -0.2) is 45.8 Å². The minimum Gasteiger partial charge on any atom is -0.393 e. The highest BCUT2D eigenvalue weighted by molar-refractivity contribution is 14.1. The molecule has 1 saturated carbocycles. The number of β-amino-alcohol motifs (C(OH)–C–C–N with tert-alkyl or cyclic N) is 1. The molecule has 1 heterocycles. The lowest BCUT2D eigenvalue weighted by molar-refractivity contribution is -0.156. The molecule has 2 fully saturated rings. The van der Waals surface area contributed by atoms with Crippen molar-refractivity contribution in [1.29, 1.82) is 0 Å². The van der Waals surface area contributed by atoms with Crippen LogP contribution in [0.2, 0.25) is 0 Å². The largest absolute Gasteiger partial charge is 0.393 e. The molecule has 2 aliphatic rings. The fraction of sp³-hybridized carbons (Fsp3) is 0.435. The van der Waals surface area contributed by atoms with Gasteiger partial charge in [-0.15, -0.1) is 0 Å². The summed E-state index contributed by atoms with van der Waals surface area (Å²) in [5.74, 6) is -4.21. The van der Waals surface area contributed by atoms with Gasteiger partial charge in [0.25, 0.3) is 5.91 Å². The Kier molecular flexibility index (Phi) is 7.72. The van der Waals surface area contributed by atoms with Crippen molar-refractivity contribution in [3.05, 3.63) is 63.2 Å². The number of benzene rings is 1. The zero-order valence-electron chi connectivity index (χ0n) is 17.7. The van der Waals surface area contributed by atoms with E-state index in [2.05, 4.69) is 11.9 Å². The van der Waals surface area contributed by atoms with Gasteiger partial charge in [0.2, 0.25) is 0 Å². The second kappa shape index (κ2) is 9.96. The molecule has 174 valence electrons. The van der Waals surface area contributed by atoms with Crippen LogP contribution in [0, 0.1) is 17.6 Å². The molecule has 3 rings (SSSR count). The van der Waals surface area contributed by atoms with Crippen molar-refractivity contribution in [3.8, 4) is 0 Å². The number of hydrogen-bond acceptors (Lipinski definition) is 4. The van der Waals surface area contributed by atoms with Crippen LogP contribution in [0.5, 0.6) is 0 Å². The summed E-state index contributed by atoms with van der Waals surface area (Å²) in [5, 5.41) is 23.6. The van der Waals surface area contributed by atoms with Crippen LogP contribution in [0.15, 0.2) is 46.0 Å². The van der Waals surface area contributed by atoms with Crippen LogP contribution in [0.3, 0.4) is 0 Å². The maximum atomic E-state index is 14.6. The summed E-state index contributed by atoms with van der Waals surface area (Å²) >= 11 is 1.81. The van der Waals surface area contributed by atoms with Crippen molar-refractivity contribution < 1.29 is 28.2 Å². The molecule has 9 heteroatoms. The fourth-order valence-corrected chi connectivity index (χ4v) is 4.65. The van der Waals surface area contributed by atoms with Gasteiger partial charge in [0.1, 0.15) is 11.4 Å². The molecule has 0 radical (unpaired) electrons. The number of rotatable bonds is 6. The predicted octanol–water partition coefficient (Wildman–Crippen LogP) is 4.82. The summed E-state index contributed by atoms with van der Waals surface area (Å²) in [6.45, 7) is 5.04. The average molecular weight is 562 g/mol. The van der Waals surface area contributed by atoms with Gasteiger partial charge in [-0.1, -0.05) is 25.5 Å². The number of amides is 1. The Labute approximate surface area is 198 Å². The number of halogens is 4. The van der Waals surface area contributed by atoms with Gasteiger partial charge in [0.05, 0.1) is 36.1 Å². The minimum absolute atomic E-state index is 0.0224. The molecule has 1 unspecified atom stereocenters. The molecule has 1 saturated heterocycles. The predicted molar refractivity (Wildman–Crippen MR) is 125 cm³/mol. The number of hydrogen-bond donors (Lipinski definition) is 3. The molecule has 0 spiro atoms. The number of anilines is 1. The van der Waals surface area contributed by atoms with Crippen molar-refractivity contribution in [2.45, 2.75) is 44.3 Å². The topological polar surface area (TPSA) is 72.8 Å². The minimum atomic E-state index is -1.31. The number of nitrogens with one attached hydrogen (secondary N) is 1. The maximum absolute atomic E-state index is 14.6. The molecule has 0 bridgehead atoms. The quantitative estimate of drug-likeness (QED) is 0.344. The van der Waals surface area contributed by atoms with E-state index < -0.39 is 40.8 Å². The van der Waals surface area contributed by atoms with Crippen LogP contribution in [0.1, 0.15) is 43.0 Å². The average Bonchev–Trinajstić information content (AvgIpc) is 2.71. The smallest absolute Gasteiger partial charge is 0.256 e. The third-order valence-corrected chi connectivity index (χ3v) is 6.36. The van der Waals surface area contributed by atoms with E-state index in [0.29, 0.717) is 16.4 Å². The first-order chi connectivity index (χ1) is 15.1. The zero-order valence-corrected chi connectivity index (χ0v) is 19.8. The summed E-state index contributed by atoms with van der Waals surface area (Å²) < 4.78 is 43.4. The summed E-state index contributed by atoms with van der Waals surface area (Å²) in [4.78, 5) is 14.4. The van der Waals surface area contributed by atoms with Gasteiger partial charge in [-0.2, -0.15) is 0 Å². The first-order valence-corrected chi connectivity index (χ1v) is 11.5. The number of likely N-dealkylation sites (tertiary alicyclic amines) is 1. The van der Waals surface area contributed by atoms with Gasteiger partial charge in [0, 0.05) is 9.50 Å². The van der Waals surface area contributed by atoms with Crippen molar-refractivity contribution in [2.75, 3.05) is 18.4 Å². The van der Waals surface area contributed by atoms with Crippen molar-refractivity contribution in [2.24, 2.45) is 5.92 Å². The van der Waals surface area contributed by atoms with Crippen LogP contribution in [-0.2, 0) is 0 Å². The zero-order chi connectivity index (χ0) is 23.6. The summed E-state index contributed by atoms with van der Waals surface area (Å²) in [6.07, 6.45) is 4.87. The molecule has 1 aliphatic carbocycles. The van der Waals surface area contributed by atoms with E-state index in [1.807, 2.05) is 22.6 Å². The first kappa shape index (κ1) is 24.8. The van der Waals surface area contributed by atoms with Crippen LogP contribution < -0.4 is 5.32 Å². The lowest BCUT2D eigenvalue weighted by Crippen LogP contribution is -2.68. The standard InChI is InChI=1S/C23H26F3IN2O3/c1-3-18(17(25)10-13(2)27)28-21-14(8-9-16(24)20(21)26)22(31)29-11-23(32,12-29)15-6-4-5-7-19(15)30/h3,8-10,15,19,28,30,32H,2,4-7,11-12H2,1H3/b17-10+,18-3+/t15?,19-/m1/s1. The SMILES string of the molecule is C=C(I)/C=C(F)\C(=C/C)Nc1c(C(=O)N2CC(O)(C3CCCC[C@H]3O)C2)ccc(F)c1F. The van der Waals surface area contributed by atoms with Crippen LogP contribution in [0.25, 0.3) is 0 Å². The van der Waals surface area contributed by atoms with Gasteiger partial charge >= 0.3 is 0 Å². The molecule has 3 N–H and O–H groups in total. The molecule has 32 heavy (non-hydrogen) atoms. The van der Waals surface area contributed by atoms with Crippen molar-refractivity contribution >= 4 is 34.2 Å². The maximum Gasteiger partial charge on any atom is 0.256 e. The van der Waals surface area contributed by atoms with Gasteiger partial charge in [-0.25, -0.2) is 13.2 Å². The van der Waals surface area contributed by atoms with E-state index in [1.54, 1.807) is 0 Å². The number of aliphatic hydroxyl groups excluding tert-OH is 1. The molecule has 1 aliphatic heterocycles. The Bertz CT molecular complexity index is 973. The van der Waals surface area contributed by atoms with Gasteiger partial charge < -0.3 is 20.4 Å². The number of nitrogens with zero attached hydrogens (tertiary/aromatic N) is 1. The highest BCUT2D eigenvalue weighted by Gasteiger charge is 2.52. The molecule has 5 nitrogen and oxygen atoms in total. The van der Waals surface area contributed by atoms with Crippen LogP contribution >= 0.6 is 22.6 Å². The molecule has 1 amide bonds. The Morgan fingerprint density at radius 2 is 1.97 bits per heavy atom. The van der Waals surface area contributed by atoms with Gasteiger partial charge in [-0.05, 0) is 60.6 Å². The van der Waals surface area contributed by atoms with E-state index in [0.717, 1.165) is 31.1 Å². The van der Waals surface area contributed by atoms with E-state index >= 15 is 0 Å². The van der Waals surface area contributed by atoms with Crippen molar-refractivity contribution in [1.82, 2.24) is 4.90 Å². The lowest BCUT2D eigenvalue weighted by Gasteiger charge is -2.52. The third-order valence-electron chi connectivity index (χ3n) is 6.05. The van der Waals surface area contributed by atoms with Gasteiger partial charge in [0.15, 0.2) is 11.6 Å². The molecule has 1 aromatic carbocycles. The Balaban J connectivity index is 1.84. The summed E-state index contributed by atoms with van der Waals surface area (Å²) in [5.41, 5.74) is -2.03.